The Morgan fingerprint density at radius 3 is 1.03 bits per heavy atom. The highest BCUT2D eigenvalue weighted by atomic mass is 16.6. The highest BCUT2D eigenvalue weighted by Gasteiger charge is 2.19. The maximum atomic E-state index is 12.8. The number of esters is 3. The van der Waals surface area contributed by atoms with Crippen LogP contribution in [0.1, 0.15) is 252 Å². The quantitative estimate of drug-likeness (QED) is 0.0263. The van der Waals surface area contributed by atoms with Gasteiger partial charge in [-0.05, 0) is 83.5 Å². The molecule has 0 spiro atoms. The average Bonchev–Trinajstić information content (AvgIpc) is 3.26. The van der Waals surface area contributed by atoms with E-state index in [1.165, 1.54) is 109 Å². The summed E-state index contributed by atoms with van der Waals surface area (Å²) in [5.74, 6) is -0.895. The molecule has 6 heteroatoms. The topological polar surface area (TPSA) is 78.9 Å². The lowest BCUT2D eigenvalue weighted by molar-refractivity contribution is -0.167. The van der Waals surface area contributed by atoms with Gasteiger partial charge in [-0.25, -0.2) is 0 Å². The molecule has 0 saturated carbocycles. The summed E-state index contributed by atoms with van der Waals surface area (Å²) in [6, 6.07) is 0. The fraction of sp³-hybridized carbons (Fsp3) is 0.764. The van der Waals surface area contributed by atoms with Crippen LogP contribution < -0.4 is 0 Å². The number of rotatable bonds is 46. The van der Waals surface area contributed by atoms with E-state index in [2.05, 4.69) is 81.5 Å². The molecule has 1 unspecified atom stereocenters. The van der Waals surface area contributed by atoms with Gasteiger partial charge >= 0.3 is 17.9 Å². The molecule has 0 aromatic heterocycles. The summed E-state index contributed by atoms with van der Waals surface area (Å²) in [6.07, 6.45) is 60.6. The van der Waals surface area contributed by atoms with Crippen LogP contribution in [0, 0.1) is 0 Å². The first-order valence-electron chi connectivity index (χ1n) is 25.8. The maximum Gasteiger partial charge on any atom is 0.306 e. The number of allylic oxidation sites excluding steroid dienone is 10. The first-order chi connectivity index (χ1) is 30.0. The van der Waals surface area contributed by atoms with E-state index in [0.29, 0.717) is 19.3 Å². The highest BCUT2D eigenvalue weighted by Crippen LogP contribution is 2.14. The number of carbonyl (C=O) groups is 3. The summed E-state index contributed by atoms with van der Waals surface area (Å²) in [5.41, 5.74) is 0. The standard InChI is InChI=1S/C55H96O6/c1-4-7-10-13-16-19-21-23-24-25-26-27-28-29-30-32-33-36-39-42-45-48-54(57)60-51-52(50-59-53(56)47-44-41-38-35-18-15-12-9-6-3)61-55(58)49-46-43-40-37-34-31-22-20-17-14-11-8-5-2/h7,10,16,19-20,22-24,26-27,52H,4-6,8-9,11-15,17-18,21,25,28-51H2,1-3H3/b10-7-,19-16-,22-20-,24-23-,27-26-. The summed E-state index contributed by atoms with van der Waals surface area (Å²) < 4.78 is 16.7. The van der Waals surface area contributed by atoms with Crippen molar-refractivity contribution in [2.45, 2.75) is 258 Å². The molecule has 0 aromatic rings. The van der Waals surface area contributed by atoms with Crippen LogP contribution in [0.25, 0.3) is 0 Å². The second-order valence-corrected chi connectivity index (χ2v) is 17.1. The summed E-state index contributed by atoms with van der Waals surface area (Å²) >= 11 is 0. The lowest BCUT2D eigenvalue weighted by atomic mass is 10.1. The average molecular weight is 853 g/mol. The SMILES string of the molecule is CC/C=C\C/C=C\C/C=C\C/C=C\CCCCCCCCCCC(=O)OCC(COC(=O)CCCCCCCCCCC)OC(=O)CCCCCCC/C=C\CCCCCC. The van der Waals surface area contributed by atoms with Crippen molar-refractivity contribution in [2.75, 3.05) is 13.2 Å². The molecule has 352 valence electrons. The van der Waals surface area contributed by atoms with Crippen molar-refractivity contribution >= 4 is 17.9 Å². The van der Waals surface area contributed by atoms with E-state index in [0.717, 1.165) is 103 Å². The molecule has 0 aliphatic carbocycles. The lowest BCUT2D eigenvalue weighted by Gasteiger charge is -2.18. The van der Waals surface area contributed by atoms with Crippen molar-refractivity contribution in [3.8, 4) is 0 Å². The van der Waals surface area contributed by atoms with Gasteiger partial charge in [0, 0.05) is 19.3 Å². The van der Waals surface area contributed by atoms with Crippen LogP contribution in [0.5, 0.6) is 0 Å². The summed E-state index contributed by atoms with van der Waals surface area (Å²) in [7, 11) is 0. The van der Waals surface area contributed by atoms with E-state index in [-0.39, 0.29) is 31.1 Å². The zero-order valence-corrected chi connectivity index (χ0v) is 40.2. The second-order valence-electron chi connectivity index (χ2n) is 17.1. The molecule has 0 amide bonds. The molecule has 0 aliphatic rings. The highest BCUT2D eigenvalue weighted by molar-refractivity contribution is 5.71. The van der Waals surface area contributed by atoms with Gasteiger partial charge < -0.3 is 14.2 Å². The van der Waals surface area contributed by atoms with Gasteiger partial charge in [-0.2, -0.15) is 0 Å². The molecule has 6 nitrogen and oxygen atoms in total. The van der Waals surface area contributed by atoms with Crippen molar-refractivity contribution in [1.29, 1.82) is 0 Å². The van der Waals surface area contributed by atoms with Crippen molar-refractivity contribution < 1.29 is 28.6 Å². The lowest BCUT2D eigenvalue weighted by Crippen LogP contribution is -2.30. The van der Waals surface area contributed by atoms with Crippen LogP contribution in [0.15, 0.2) is 60.8 Å². The van der Waals surface area contributed by atoms with Gasteiger partial charge in [0.05, 0.1) is 0 Å². The normalized spacial score (nSPS) is 12.5. The number of carbonyl (C=O) groups excluding carboxylic acids is 3. The van der Waals surface area contributed by atoms with Crippen molar-refractivity contribution in [2.24, 2.45) is 0 Å². The fourth-order valence-corrected chi connectivity index (χ4v) is 7.13. The van der Waals surface area contributed by atoms with Crippen LogP contribution in [0.2, 0.25) is 0 Å². The van der Waals surface area contributed by atoms with Gasteiger partial charge in [0.25, 0.3) is 0 Å². The van der Waals surface area contributed by atoms with Crippen molar-refractivity contribution in [3.05, 3.63) is 60.8 Å². The van der Waals surface area contributed by atoms with Crippen LogP contribution in [0.4, 0.5) is 0 Å². The zero-order valence-electron chi connectivity index (χ0n) is 40.2. The Morgan fingerprint density at radius 2 is 0.639 bits per heavy atom. The molecule has 0 N–H and O–H groups in total. The predicted molar refractivity (Wildman–Crippen MR) is 261 cm³/mol. The van der Waals surface area contributed by atoms with Gasteiger partial charge in [-0.3, -0.25) is 14.4 Å². The van der Waals surface area contributed by atoms with Gasteiger partial charge in [-0.15, -0.1) is 0 Å². The Morgan fingerprint density at radius 1 is 0.344 bits per heavy atom. The molecule has 0 rings (SSSR count). The number of unbranched alkanes of at least 4 members (excludes halogenated alkanes) is 25. The second kappa shape index (κ2) is 49.8. The number of hydrogen-bond donors (Lipinski definition) is 0. The molecule has 0 aliphatic heterocycles. The molecular formula is C55H96O6. The Labute approximate surface area is 377 Å². The van der Waals surface area contributed by atoms with Crippen LogP contribution >= 0.6 is 0 Å². The first-order valence-corrected chi connectivity index (χ1v) is 25.8. The minimum atomic E-state index is -0.778. The van der Waals surface area contributed by atoms with Crippen LogP contribution in [0.3, 0.4) is 0 Å². The Bertz CT molecular complexity index is 1120. The first kappa shape index (κ1) is 58.1. The molecule has 0 bridgehead atoms. The molecule has 1 atom stereocenters. The van der Waals surface area contributed by atoms with E-state index in [1.807, 2.05) is 0 Å². The summed E-state index contributed by atoms with van der Waals surface area (Å²) in [5, 5.41) is 0. The molecule has 0 fully saturated rings. The van der Waals surface area contributed by atoms with Gasteiger partial charge in [0.15, 0.2) is 6.10 Å². The molecule has 0 saturated heterocycles. The van der Waals surface area contributed by atoms with E-state index in [4.69, 9.17) is 14.2 Å². The monoisotopic (exact) mass is 853 g/mol. The fourth-order valence-electron chi connectivity index (χ4n) is 7.13. The van der Waals surface area contributed by atoms with E-state index in [1.54, 1.807) is 0 Å². The molecule has 0 radical (unpaired) electrons. The molecule has 0 aromatic carbocycles. The Kier molecular flexibility index (Phi) is 47.4. The third-order valence-corrected chi connectivity index (χ3v) is 11.0. The maximum absolute atomic E-state index is 12.8. The van der Waals surface area contributed by atoms with Gasteiger partial charge in [0.1, 0.15) is 13.2 Å². The Hall–Kier alpha value is -2.89. The van der Waals surface area contributed by atoms with Gasteiger partial charge in [-0.1, -0.05) is 210 Å². The van der Waals surface area contributed by atoms with E-state index in [9.17, 15) is 14.4 Å². The molecular weight excluding hydrogens is 757 g/mol. The Balaban J connectivity index is 4.29. The van der Waals surface area contributed by atoms with E-state index < -0.39 is 6.10 Å². The van der Waals surface area contributed by atoms with Crippen LogP contribution in [-0.4, -0.2) is 37.2 Å². The third kappa shape index (κ3) is 48.0. The van der Waals surface area contributed by atoms with Gasteiger partial charge in [0.2, 0.25) is 0 Å². The van der Waals surface area contributed by atoms with Crippen molar-refractivity contribution in [3.63, 3.8) is 0 Å². The molecule has 61 heavy (non-hydrogen) atoms. The van der Waals surface area contributed by atoms with Crippen molar-refractivity contribution in [1.82, 2.24) is 0 Å². The smallest absolute Gasteiger partial charge is 0.306 e. The summed E-state index contributed by atoms with van der Waals surface area (Å²) in [6.45, 7) is 6.48. The molecule has 0 heterocycles. The number of hydrogen-bond acceptors (Lipinski definition) is 6. The third-order valence-electron chi connectivity index (χ3n) is 11.0. The van der Waals surface area contributed by atoms with Crippen LogP contribution in [-0.2, 0) is 28.6 Å². The predicted octanol–water partition coefficient (Wildman–Crippen LogP) is 16.9. The number of ether oxygens (including phenoxy) is 3. The van der Waals surface area contributed by atoms with E-state index >= 15 is 0 Å². The minimum absolute atomic E-state index is 0.0785. The minimum Gasteiger partial charge on any atom is -0.462 e. The summed E-state index contributed by atoms with van der Waals surface area (Å²) in [4.78, 5) is 37.9. The zero-order chi connectivity index (χ0) is 44.4. The largest absolute Gasteiger partial charge is 0.462 e.